The third-order valence-electron chi connectivity index (χ3n) is 4.38. The monoisotopic (exact) mass is 407 g/mol. The molecule has 0 spiro atoms. The van der Waals surface area contributed by atoms with Crippen molar-refractivity contribution in [2.45, 2.75) is 13.5 Å². The molecule has 0 atom stereocenters. The number of aromatic nitrogens is 1. The molecule has 0 aliphatic heterocycles. The molecule has 2 amide bonds. The molecule has 6 nitrogen and oxygen atoms in total. The topological polar surface area (TPSA) is 71.5 Å². The number of carbonyl (C=O) groups is 2. The van der Waals surface area contributed by atoms with E-state index in [2.05, 4.69) is 10.3 Å². The lowest BCUT2D eigenvalue weighted by molar-refractivity contribution is 0.0820. The first kappa shape index (κ1) is 21.0. The summed E-state index contributed by atoms with van der Waals surface area (Å²) in [7, 11) is 3.30. The number of ether oxygens (including phenoxy) is 1. The second kappa shape index (κ2) is 9.17. The molecule has 0 aliphatic rings. The van der Waals surface area contributed by atoms with Crippen LogP contribution < -0.4 is 10.1 Å². The van der Waals surface area contributed by atoms with Gasteiger partial charge in [-0.15, -0.1) is 0 Å². The van der Waals surface area contributed by atoms with Gasteiger partial charge in [0.1, 0.15) is 23.0 Å². The molecule has 1 N–H and O–H groups in total. The minimum absolute atomic E-state index is 0.215. The molecule has 2 aromatic carbocycles. The lowest BCUT2D eigenvalue weighted by Gasteiger charge is -2.12. The fourth-order valence-electron chi connectivity index (χ4n) is 2.74. The summed E-state index contributed by atoms with van der Waals surface area (Å²) in [5.41, 5.74) is 2.09. The highest BCUT2D eigenvalue weighted by Gasteiger charge is 2.15. The molecule has 0 radical (unpaired) electrons. The highest BCUT2D eigenvalue weighted by molar-refractivity contribution is 5.97. The Bertz CT molecular complexity index is 1050. The van der Waals surface area contributed by atoms with Gasteiger partial charge >= 0.3 is 0 Å². The SMILES string of the molecule is Cc1nc(C(=O)N(C)C)ccc1C(=O)NCc1ccc(Oc2ccc(F)cc2)cc1. The van der Waals surface area contributed by atoms with Crippen LogP contribution in [-0.4, -0.2) is 35.8 Å². The van der Waals surface area contributed by atoms with Crippen molar-refractivity contribution in [2.75, 3.05) is 14.1 Å². The van der Waals surface area contributed by atoms with Crippen LogP contribution in [0.4, 0.5) is 4.39 Å². The minimum Gasteiger partial charge on any atom is -0.457 e. The zero-order valence-electron chi connectivity index (χ0n) is 17.0. The summed E-state index contributed by atoms with van der Waals surface area (Å²) in [6.07, 6.45) is 0. The predicted octanol–water partition coefficient (Wildman–Crippen LogP) is 3.95. The Labute approximate surface area is 174 Å². The lowest BCUT2D eigenvalue weighted by atomic mass is 10.1. The molecule has 154 valence electrons. The number of benzene rings is 2. The van der Waals surface area contributed by atoms with Gasteiger partial charge in [0.05, 0.1) is 11.3 Å². The van der Waals surface area contributed by atoms with Crippen LogP contribution in [-0.2, 0) is 6.54 Å². The van der Waals surface area contributed by atoms with E-state index in [0.717, 1.165) is 5.56 Å². The highest BCUT2D eigenvalue weighted by Crippen LogP contribution is 2.22. The van der Waals surface area contributed by atoms with Crippen molar-refractivity contribution in [3.8, 4) is 11.5 Å². The number of halogens is 1. The van der Waals surface area contributed by atoms with E-state index < -0.39 is 0 Å². The van der Waals surface area contributed by atoms with Crippen LogP contribution in [0.3, 0.4) is 0 Å². The van der Waals surface area contributed by atoms with E-state index in [0.29, 0.717) is 35.0 Å². The van der Waals surface area contributed by atoms with Gasteiger partial charge in [0, 0.05) is 20.6 Å². The van der Waals surface area contributed by atoms with Crippen molar-refractivity contribution in [3.05, 3.63) is 89.0 Å². The summed E-state index contributed by atoms with van der Waals surface area (Å²) in [5.74, 6) is 0.343. The first-order chi connectivity index (χ1) is 14.3. The Hall–Kier alpha value is -3.74. The molecule has 0 bridgehead atoms. The van der Waals surface area contributed by atoms with Gasteiger partial charge in [0.25, 0.3) is 11.8 Å². The molecular formula is C23H22FN3O3. The minimum atomic E-state index is -0.321. The summed E-state index contributed by atoms with van der Waals surface area (Å²) < 4.78 is 18.6. The summed E-state index contributed by atoms with van der Waals surface area (Å²) in [6, 6.07) is 16.1. The zero-order chi connectivity index (χ0) is 21.7. The van der Waals surface area contributed by atoms with Gasteiger partial charge in [-0.2, -0.15) is 0 Å². The maximum Gasteiger partial charge on any atom is 0.271 e. The number of hydrogen-bond donors (Lipinski definition) is 1. The van der Waals surface area contributed by atoms with Crippen LogP contribution >= 0.6 is 0 Å². The van der Waals surface area contributed by atoms with Crippen LogP contribution in [0.15, 0.2) is 60.7 Å². The fourth-order valence-corrected chi connectivity index (χ4v) is 2.74. The molecule has 3 aromatic rings. The van der Waals surface area contributed by atoms with Crippen LogP contribution in [0, 0.1) is 12.7 Å². The number of rotatable bonds is 6. The van der Waals surface area contributed by atoms with E-state index in [-0.39, 0.29) is 17.6 Å². The van der Waals surface area contributed by atoms with Crippen LogP contribution in [0.25, 0.3) is 0 Å². The van der Waals surface area contributed by atoms with E-state index >= 15 is 0 Å². The van der Waals surface area contributed by atoms with Crippen LogP contribution in [0.1, 0.15) is 32.1 Å². The van der Waals surface area contributed by atoms with Crippen molar-refractivity contribution >= 4 is 11.8 Å². The third-order valence-corrected chi connectivity index (χ3v) is 4.38. The Morgan fingerprint density at radius 1 is 0.967 bits per heavy atom. The van der Waals surface area contributed by atoms with Crippen LogP contribution in [0.5, 0.6) is 11.5 Å². The fraction of sp³-hybridized carbons (Fsp3) is 0.174. The lowest BCUT2D eigenvalue weighted by Crippen LogP contribution is -2.26. The summed E-state index contributed by atoms with van der Waals surface area (Å²) in [6.45, 7) is 2.02. The zero-order valence-corrected chi connectivity index (χ0v) is 17.0. The molecule has 1 aromatic heterocycles. The molecule has 7 heteroatoms. The molecule has 1 heterocycles. The molecule has 30 heavy (non-hydrogen) atoms. The normalized spacial score (nSPS) is 10.4. The van der Waals surface area contributed by atoms with Gasteiger partial charge in [-0.05, 0) is 61.0 Å². The average molecular weight is 407 g/mol. The number of pyridine rings is 1. The average Bonchev–Trinajstić information content (AvgIpc) is 2.74. The van der Waals surface area contributed by atoms with Gasteiger partial charge < -0.3 is 15.0 Å². The number of nitrogens with zero attached hydrogens (tertiary/aromatic N) is 2. The Kier molecular flexibility index (Phi) is 6.41. The summed E-state index contributed by atoms with van der Waals surface area (Å²) in [5, 5.41) is 2.85. The van der Waals surface area contributed by atoms with Gasteiger partial charge in [-0.3, -0.25) is 9.59 Å². The van der Waals surface area contributed by atoms with Crippen molar-refractivity contribution in [1.82, 2.24) is 15.2 Å². The van der Waals surface area contributed by atoms with Crippen molar-refractivity contribution in [2.24, 2.45) is 0 Å². The number of hydrogen-bond acceptors (Lipinski definition) is 4. The van der Waals surface area contributed by atoms with E-state index in [9.17, 15) is 14.0 Å². The quantitative estimate of drug-likeness (QED) is 0.672. The van der Waals surface area contributed by atoms with Crippen molar-refractivity contribution < 1.29 is 18.7 Å². The molecule has 0 unspecified atom stereocenters. The Morgan fingerprint density at radius 3 is 2.13 bits per heavy atom. The second-order valence-electron chi connectivity index (χ2n) is 6.91. The second-order valence-corrected chi connectivity index (χ2v) is 6.91. The van der Waals surface area contributed by atoms with E-state index in [1.165, 1.54) is 17.0 Å². The summed E-state index contributed by atoms with van der Waals surface area (Å²) >= 11 is 0. The Balaban J connectivity index is 1.59. The molecule has 3 rings (SSSR count). The molecule has 0 saturated heterocycles. The molecule has 0 fully saturated rings. The van der Waals surface area contributed by atoms with Crippen LogP contribution in [0.2, 0.25) is 0 Å². The first-order valence-corrected chi connectivity index (χ1v) is 9.33. The molecular weight excluding hydrogens is 385 g/mol. The number of nitrogens with one attached hydrogen (secondary N) is 1. The smallest absolute Gasteiger partial charge is 0.271 e. The van der Waals surface area contributed by atoms with E-state index in [1.54, 1.807) is 57.4 Å². The van der Waals surface area contributed by atoms with Crippen molar-refractivity contribution in [3.63, 3.8) is 0 Å². The maximum atomic E-state index is 13.0. The largest absolute Gasteiger partial charge is 0.457 e. The van der Waals surface area contributed by atoms with Gasteiger partial charge in [0.15, 0.2) is 0 Å². The Morgan fingerprint density at radius 2 is 1.57 bits per heavy atom. The summed E-state index contributed by atoms with van der Waals surface area (Å²) in [4.78, 5) is 30.1. The number of amides is 2. The molecule has 0 saturated carbocycles. The van der Waals surface area contributed by atoms with Crippen molar-refractivity contribution in [1.29, 1.82) is 0 Å². The van der Waals surface area contributed by atoms with E-state index in [4.69, 9.17) is 4.74 Å². The van der Waals surface area contributed by atoms with E-state index in [1.807, 2.05) is 12.1 Å². The van der Waals surface area contributed by atoms with Gasteiger partial charge in [-0.1, -0.05) is 12.1 Å². The number of carbonyl (C=O) groups excluding carboxylic acids is 2. The maximum absolute atomic E-state index is 13.0. The predicted molar refractivity (Wildman–Crippen MR) is 111 cm³/mol. The standard InChI is InChI=1S/C23H22FN3O3/c1-15-20(12-13-21(26-15)23(29)27(2)3)22(28)25-14-16-4-8-18(9-5-16)30-19-10-6-17(24)7-11-19/h4-13H,14H2,1-3H3,(H,25,28). The third kappa shape index (κ3) is 5.20. The van der Waals surface area contributed by atoms with Gasteiger partial charge in [0.2, 0.25) is 0 Å². The van der Waals surface area contributed by atoms with Gasteiger partial charge in [-0.25, -0.2) is 9.37 Å². The molecule has 0 aliphatic carbocycles. The highest BCUT2D eigenvalue weighted by atomic mass is 19.1. The number of aryl methyl sites for hydroxylation is 1. The first-order valence-electron chi connectivity index (χ1n) is 9.33.